The normalized spacial score (nSPS) is 10.4. The molecule has 3 aromatic rings. The number of hydrogen-bond acceptors (Lipinski definition) is 3. The molecule has 0 unspecified atom stereocenters. The number of anilines is 1. The second kappa shape index (κ2) is 7.46. The van der Waals surface area contributed by atoms with E-state index in [1.54, 1.807) is 6.20 Å². The van der Waals surface area contributed by atoms with Gasteiger partial charge in [0.05, 0.1) is 18.7 Å². The van der Waals surface area contributed by atoms with Crippen LogP contribution in [-0.2, 0) is 11.2 Å². The molecule has 5 heteroatoms. The first-order valence-corrected chi connectivity index (χ1v) is 7.86. The summed E-state index contributed by atoms with van der Waals surface area (Å²) in [4.78, 5) is 12.2. The average Bonchev–Trinajstić information content (AvgIpc) is 3.12. The molecule has 0 spiro atoms. The van der Waals surface area contributed by atoms with Crippen LogP contribution in [0.5, 0.6) is 5.75 Å². The zero-order chi connectivity index (χ0) is 16.8. The number of H-pyrrole nitrogens is 1. The highest BCUT2D eigenvalue weighted by molar-refractivity contribution is 5.92. The Morgan fingerprint density at radius 3 is 2.71 bits per heavy atom. The number of nitrogens with one attached hydrogen (secondary N) is 2. The molecule has 0 bridgehead atoms. The van der Waals surface area contributed by atoms with Crippen molar-refractivity contribution in [1.29, 1.82) is 0 Å². The molecule has 0 saturated carbocycles. The van der Waals surface area contributed by atoms with Crippen molar-refractivity contribution in [3.63, 3.8) is 0 Å². The lowest BCUT2D eigenvalue weighted by Crippen LogP contribution is -2.14. The number of benzene rings is 2. The number of carbonyl (C=O) groups excluding carboxylic acids is 1. The van der Waals surface area contributed by atoms with Crippen LogP contribution in [0.15, 0.2) is 60.8 Å². The van der Waals surface area contributed by atoms with Crippen molar-refractivity contribution in [2.75, 3.05) is 11.9 Å². The Hall–Kier alpha value is -3.08. The van der Waals surface area contributed by atoms with Crippen LogP contribution in [0, 0.1) is 0 Å². The van der Waals surface area contributed by atoms with Gasteiger partial charge in [0.15, 0.2) is 0 Å². The van der Waals surface area contributed by atoms with Gasteiger partial charge in [-0.2, -0.15) is 5.10 Å². The van der Waals surface area contributed by atoms with E-state index in [4.69, 9.17) is 4.74 Å². The summed E-state index contributed by atoms with van der Waals surface area (Å²) < 4.78 is 5.40. The average molecular weight is 321 g/mol. The number of carbonyl (C=O) groups is 1. The van der Waals surface area contributed by atoms with Gasteiger partial charge in [-0.15, -0.1) is 0 Å². The zero-order valence-electron chi connectivity index (χ0n) is 13.5. The second-order valence-corrected chi connectivity index (χ2v) is 5.35. The van der Waals surface area contributed by atoms with E-state index in [0.29, 0.717) is 13.0 Å². The van der Waals surface area contributed by atoms with Crippen LogP contribution in [0.4, 0.5) is 5.69 Å². The van der Waals surface area contributed by atoms with Crippen molar-refractivity contribution in [3.8, 4) is 17.0 Å². The number of hydrogen-bond donors (Lipinski definition) is 2. The molecule has 0 radical (unpaired) electrons. The van der Waals surface area contributed by atoms with E-state index < -0.39 is 0 Å². The number of ether oxygens (including phenoxy) is 1. The van der Waals surface area contributed by atoms with Crippen LogP contribution >= 0.6 is 0 Å². The smallest absolute Gasteiger partial charge is 0.228 e. The van der Waals surface area contributed by atoms with Gasteiger partial charge in [0.1, 0.15) is 5.75 Å². The first-order chi connectivity index (χ1) is 11.7. The number of amides is 1. The van der Waals surface area contributed by atoms with E-state index in [1.165, 1.54) is 0 Å². The Kier molecular flexibility index (Phi) is 4.91. The molecule has 0 saturated heterocycles. The van der Waals surface area contributed by atoms with Crippen molar-refractivity contribution in [2.24, 2.45) is 0 Å². The van der Waals surface area contributed by atoms with E-state index in [2.05, 4.69) is 15.5 Å². The molecule has 122 valence electrons. The summed E-state index contributed by atoms with van der Waals surface area (Å²) in [7, 11) is 0. The van der Waals surface area contributed by atoms with Crippen LogP contribution in [0.2, 0.25) is 0 Å². The lowest BCUT2D eigenvalue weighted by molar-refractivity contribution is -0.115. The number of aromatic amines is 1. The minimum Gasteiger partial charge on any atom is -0.494 e. The SMILES string of the molecule is CCOc1ccc(CC(=O)Nc2cccc(-c3ccn[nH]3)c2)cc1. The fraction of sp³-hybridized carbons (Fsp3) is 0.158. The lowest BCUT2D eigenvalue weighted by Gasteiger charge is -2.08. The van der Waals surface area contributed by atoms with E-state index in [9.17, 15) is 4.79 Å². The van der Waals surface area contributed by atoms with Gasteiger partial charge in [0, 0.05) is 17.4 Å². The molecule has 0 aliphatic carbocycles. The van der Waals surface area contributed by atoms with Crippen LogP contribution in [0.1, 0.15) is 12.5 Å². The van der Waals surface area contributed by atoms with Crippen LogP contribution in [0.25, 0.3) is 11.3 Å². The van der Waals surface area contributed by atoms with Gasteiger partial charge in [0.2, 0.25) is 5.91 Å². The maximum Gasteiger partial charge on any atom is 0.228 e. The Labute approximate surface area is 140 Å². The molecule has 0 fully saturated rings. The molecule has 5 nitrogen and oxygen atoms in total. The van der Waals surface area contributed by atoms with E-state index in [1.807, 2.05) is 61.5 Å². The molecule has 2 N–H and O–H groups in total. The van der Waals surface area contributed by atoms with Crippen LogP contribution in [-0.4, -0.2) is 22.7 Å². The molecule has 1 heterocycles. The predicted molar refractivity (Wildman–Crippen MR) is 94.0 cm³/mol. The highest BCUT2D eigenvalue weighted by Gasteiger charge is 2.06. The maximum absolute atomic E-state index is 12.2. The zero-order valence-corrected chi connectivity index (χ0v) is 13.5. The van der Waals surface area contributed by atoms with E-state index in [-0.39, 0.29) is 5.91 Å². The first kappa shape index (κ1) is 15.8. The minimum atomic E-state index is -0.0547. The molecular formula is C19H19N3O2. The number of nitrogens with zero attached hydrogens (tertiary/aromatic N) is 1. The quantitative estimate of drug-likeness (QED) is 0.728. The Balaban J connectivity index is 1.63. The predicted octanol–water partition coefficient (Wildman–Crippen LogP) is 3.66. The summed E-state index contributed by atoms with van der Waals surface area (Å²) in [6.07, 6.45) is 2.02. The van der Waals surface area contributed by atoms with Crippen LogP contribution < -0.4 is 10.1 Å². The van der Waals surface area contributed by atoms with Crippen molar-refractivity contribution in [2.45, 2.75) is 13.3 Å². The molecule has 1 amide bonds. The summed E-state index contributed by atoms with van der Waals surface area (Å²) in [5.74, 6) is 0.759. The van der Waals surface area contributed by atoms with Gasteiger partial charge in [-0.1, -0.05) is 24.3 Å². The third kappa shape index (κ3) is 4.01. The van der Waals surface area contributed by atoms with Crippen molar-refractivity contribution in [1.82, 2.24) is 10.2 Å². The topological polar surface area (TPSA) is 67.0 Å². The fourth-order valence-electron chi connectivity index (χ4n) is 2.44. The summed E-state index contributed by atoms with van der Waals surface area (Å²) in [5.41, 5.74) is 3.60. The van der Waals surface area contributed by atoms with Gasteiger partial charge in [-0.3, -0.25) is 9.89 Å². The third-order valence-corrected chi connectivity index (χ3v) is 3.56. The van der Waals surface area contributed by atoms with Gasteiger partial charge >= 0.3 is 0 Å². The lowest BCUT2D eigenvalue weighted by atomic mass is 10.1. The van der Waals surface area contributed by atoms with Gasteiger partial charge in [-0.05, 0) is 42.8 Å². The molecule has 0 aliphatic heterocycles. The molecule has 1 aromatic heterocycles. The van der Waals surface area contributed by atoms with Crippen LogP contribution in [0.3, 0.4) is 0 Å². The standard InChI is InChI=1S/C19H19N3O2/c1-2-24-17-8-6-14(7-9-17)12-19(23)21-16-5-3-4-15(13-16)18-10-11-20-22-18/h3-11,13H,2,12H2,1H3,(H,20,22)(H,21,23). The summed E-state index contributed by atoms with van der Waals surface area (Å²) in [5, 5.41) is 9.79. The molecule has 0 atom stereocenters. The molecule has 2 aromatic carbocycles. The molecule has 0 aliphatic rings. The summed E-state index contributed by atoms with van der Waals surface area (Å²) in [6.45, 7) is 2.57. The molecule has 24 heavy (non-hydrogen) atoms. The molecule has 3 rings (SSSR count). The summed E-state index contributed by atoms with van der Waals surface area (Å²) in [6, 6.07) is 17.1. The largest absolute Gasteiger partial charge is 0.494 e. The Bertz CT molecular complexity index is 796. The van der Waals surface area contributed by atoms with E-state index in [0.717, 1.165) is 28.3 Å². The fourth-order valence-corrected chi connectivity index (χ4v) is 2.44. The Morgan fingerprint density at radius 1 is 1.17 bits per heavy atom. The van der Waals surface area contributed by atoms with Crippen molar-refractivity contribution in [3.05, 3.63) is 66.4 Å². The van der Waals surface area contributed by atoms with E-state index >= 15 is 0 Å². The first-order valence-electron chi connectivity index (χ1n) is 7.86. The van der Waals surface area contributed by atoms with Gasteiger partial charge in [0.25, 0.3) is 0 Å². The monoisotopic (exact) mass is 321 g/mol. The highest BCUT2D eigenvalue weighted by Crippen LogP contribution is 2.20. The summed E-state index contributed by atoms with van der Waals surface area (Å²) >= 11 is 0. The van der Waals surface area contributed by atoms with Crippen molar-refractivity contribution < 1.29 is 9.53 Å². The van der Waals surface area contributed by atoms with Gasteiger partial charge in [-0.25, -0.2) is 0 Å². The number of rotatable bonds is 6. The number of aromatic nitrogens is 2. The Morgan fingerprint density at radius 2 is 2.00 bits per heavy atom. The molecular weight excluding hydrogens is 302 g/mol. The highest BCUT2D eigenvalue weighted by atomic mass is 16.5. The minimum absolute atomic E-state index is 0.0547. The maximum atomic E-state index is 12.2. The van der Waals surface area contributed by atoms with Gasteiger partial charge < -0.3 is 10.1 Å². The second-order valence-electron chi connectivity index (χ2n) is 5.35. The third-order valence-electron chi connectivity index (χ3n) is 3.56. The van der Waals surface area contributed by atoms with Crippen molar-refractivity contribution >= 4 is 11.6 Å².